The molecule has 3 aliphatic heterocycles. The van der Waals surface area contributed by atoms with Gasteiger partial charge in [-0.3, -0.25) is 9.79 Å². The minimum atomic E-state index is -3.30. The van der Waals surface area contributed by atoms with Gasteiger partial charge in [0, 0.05) is 31.5 Å². The van der Waals surface area contributed by atoms with Crippen molar-refractivity contribution in [2.24, 2.45) is 10.9 Å². The summed E-state index contributed by atoms with van der Waals surface area (Å²) >= 11 is 0. The van der Waals surface area contributed by atoms with Gasteiger partial charge >= 0.3 is 0 Å². The fourth-order valence-electron chi connectivity index (χ4n) is 5.19. The van der Waals surface area contributed by atoms with Gasteiger partial charge in [0.05, 0.1) is 22.7 Å². The van der Waals surface area contributed by atoms with Crippen molar-refractivity contribution in [2.45, 2.75) is 62.2 Å². The van der Waals surface area contributed by atoms with Crippen LogP contribution in [-0.2, 0) is 21.2 Å². The normalized spacial score (nSPS) is 31.8. The summed E-state index contributed by atoms with van der Waals surface area (Å²) in [5.74, 6) is 1.38. The molecular formula is C23H30N4O3S. The fourth-order valence-corrected chi connectivity index (χ4v) is 6.69. The maximum Gasteiger partial charge on any atom is 0.237 e. The average molecular weight is 443 g/mol. The molecule has 0 radical (unpaired) electrons. The summed E-state index contributed by atoms with van der Waals surface area (Å²) in [6.07, 6.45) is 5.60. The molecule has 4 aliphatic rings. The Morgan fingerprint density at radius 2 is 2.06 bits per heavy atom. The second-order valence-electron chi connectivity index (χ2n) is 9.23. The SMILES string of the molecule is CC1=CC[C@@H]2N=C(N3CCS(=O)(=O)c4ccccc4C3)C[C@H](NC(=O)C3CCN3)C2C1. The molecule has 31 heavy (non-hydrogen) atoms. The first kappa shape index (κ1) is 20.7. The predicted molar refractivity (Wildman–Crippen MR) is 120 cm³/mol. The first-order valence-electron chi connectivity index (χ1n) is 11.2. The number of nitrogens with one attached hydrogen (secondary N) is 2. The number of rotatable bonds is 2. The van der Waals surface area contributed by atoms with E-state index in [9.17, 15) is 13.2 Å². The van der Waals surface area contributed by atoms with E-state index in [1.165, 1.54) is 5.57 Å². The van der Waals surface area contributed by atoms with E-state index in [1.54, 1.807) is 12.1 Å². The number of carbonyl (C=O) groups is 1. The van der Waals surface area contributed by atoms with Gasteiger partial charge in [-0.15, -0.1) is 0 Å². The topological polar surface area (TPSA) is 90.9 Å². The van der Waals surface area contributed by atoms with Crippen molar-refractivity contribution in [1.82, 2.24) is 15.5 Å². The maximum absolute atomic E-state index is 12.8. The molecule has 1 amide bonds. The Bertz CT molecular complexity index is 1040. The molecule has 1 fully saturated rings. The van der Waals surface area contributed by atoms with E-state index in [4.69, 9.17) is 4.99 Å². The zero-order chi connectivity index (χ0) is 21.6. The highest BCUT2D eigenvalue weighted by atomic mass is 32.2. The summed E-state index contributed by atoms with van der Waals surface area (Å²) in [6.45, 7) is 4.00. The Labute approximate surface area is 183 Å². The Balaban J connectivity index is 1.42. The first-order valence-corrected chi connectivity index (χ1v) is 12.9. The monoisotopic (exact) mass is 442 g/mol. The second kappa shape index (κ2) is 8.06. The van der Waals surface area contributed by atoms with Crippen molar-refractivity contribution in [3.8, 4) is 0 Å². The molecule has 8 heteroatoms. The lowest BCUT2D eigenvalue weighted by Crippen LogP contribution is -2.59. The van der Waals surface area contributed by atoms with E-state index in [1.807, 2.05) is 12.1 Å². The minimum Gasteiger partial charge on any atom is -0.355 e. The van der Waals surface area contributed by atoms with Gasteiger partial charge in [0.25, 0.3) is 0 Å². The van der Waals surface area contributed by atoms with Crippen molar-refractivity contribution >= 4 is 21.6 Å². The molecular weight excluding hydrogens is 412 g/mol. The summed E-state index contributed by atoms with van der Waals surface area (Å²) in [7, 11) is -3.30. The quantitative estimate of drug-likeness (QED) is 0.680. The number of hydrogen-bond donors (Lipinski definition) is 2. The zero-order valence-electron chi connectivity index (χ0n) is 17.9. The van der Waals surface area contributed by atoms with E-state index in [-0.39, 0.29) is 29.8 Å². The minimum absolute atomic E-state index is 0.0196. The highest BCUT2D eigenvalue weighted by molar-refractivity contribution is 7.91. The molecule has 0 saturated carbocycles. The van der Waals surface area contributed by atoms with Crippen LogP contribution in [0.25, 0.3) is 0 Å². The summed E-state index contributed by atoms with van der Waals surface area (Å²) < 4.78 is 25.5. The predicted octanol–water partition coefficient (Wildman–Crippen LogP) is 1.65. The zero-order valence-corrected chi connectivity index (χ0v) is 18.7. The lowest BCUT2D eigenvalue weighted by atomic mass is 9.77. The van der Waals surface area contributed by atoms with Gasteiger partial charge in [-0.2, -0.15) is 0 Å². The van der Waals surface area contributed by atoms with Crippen LogP contribution >= 0.6 is 0 Å². The average Bonchev–Trinajstić information content (AvgIpc) is 2.83. The van der Waals surface area contributed by atoms with Crippen LogP contribution in [0.2, 0.25) is 0 Å². The van der Waals surface area contributed by atoms with Crippen molar-refractivity contribution in [3.63, 3.8) is 0 Å². The number of benzene rings is 1. The number of amides is 1. The number of hydrogen-bond acceptors (Lipinski definition) is 6. The van der Waals surface area contributed by atoms with Crippen molar-refractivity contribution in [3.05, 3.63) is 41.5 Å². The largest absolute Gasteiger partial charge is 0.355 e. The number of sulfone groups is 1. The van der Waals surface area contributed by atoms with Gasteiger partial charge in [0.1, 0.15) is 5.84 Å². The van der Waals surface area contributed by atoms with Crippen LogP contribution in [0, 0.1) is 5.92 Å². The van der Waals surface area contributed by atoms with Crippen LogP contribution in [0.4, 0.5) is 0 Å². The van der Waals surface area contributed by atoms with Crippen LogP contribution in [0.5, 0.6) is 0 Å². The summed E-state index contributed by atoms with van der Waals surface area (Å²) in [5.41, 5.74) is 2.18. The third-order valence-corrected chi connectivity index (χ3v) is 8.91. The third-order valence-electron chi connectivity index (χ3n) is 7.13. The molecule has 4 atom stereocenters. The highest BCUT2D eigenvalue weighted by Crippen LogP contribution is 2.35. The lowest BCUT2D eigenvalue weighted by Gasteiger charge is -2.42. The maximum atomic E-state index is 12.8. The van der Waals surface area contributed by atoms with Gasteiger partial charge < -0.3 is 15.5 Å². The number of amidine groups is 1. The summed E-state index contributed by atoms with van der Waals surface area (Å²) in [6, 6.07) is 7.33. The molecule has 2 N–H and O–H groups in total. The number of nitrogens with zero attached hydrogens (tertiary/aromatic N) is 2. The summed E-state index contributed by atoms with van der Waals surface area (Å²) in [5, 5.41) is 6.49. The van der Waals surface area contributed by atoms with Crippen molar-refractivity contribution in [1.29, 1.82) is 0 Å². The molecule has 0 aromatic heterocycles. The van der Waals surface area contributed by atoms with Crippen molar-refractivity contribution < 1.29 is 13.2 Å². The van der Waals surface area contributed by atoms with Crippen LogP contribution in [0.15, 0.2) is 45.8 Å². The van der Waals surface area contributed by atoms with Crippen LogP contribution in [0.1, 0.15) is 38.2 Å². The Morgan fingerprint density at radius 1 is 1.26 bits per heavy atom. The van der Waals surface area contributed by atoms with Crippen LogP contribution in [0.3, 0.4) is 0 Å². The molecule has 0 bridgehead atoms. The molecule has 1 saturated heterocycles. The summed E-state index contributed by atoms with van der Waals surface area (Å²) in [4.78, 5) is 20.4. The molecule has 1 aromatic rings. The molecule has 3 heterocycles. The number of aliphatic imine (C=N–C) groups is 1. The lowest BCUT2D eigenvalue weighted by molar-refractivity contribution is -0.125. The Kier molecular flexibility index (Phi) is 5.38. The molecule has 5 rings (SSSR count). The number of allylic oxidation sites excluding steroid dienone is 1. The number of fused-ring (bicyclic) bond motifs is 2. The van der Waals surface area contributed by atoms with Gasteiger partial charge in [-0.25, -0.2) is 8.42 Å². The Morgan fingerprint density at radius 3 is 2.84 bits per heavy atom. The number of carbonyl (C=O) groups excluding carboxylic acids is 1. The fraction of sp³-hybridized carbons (Fsp3) is 0.565. The second-order valence-corrected chi connectivity index (χ2v) is 11.3. The molecule has 0 spiro atoms. The Hall–Kier alpha value is -2.19. The van der Waals surface area contributed by atoms with Gasteiger partial charge in [-0.1, -0.05) is 29.8 Å². The van der Waals surface area contributed by atoms with E-state index in [0.29, 0.717) is 30.3 Å². The van der Waals surface area contributed by atoms with Crippen molar-refractivity contribution in [2.75, 3.05) is 18.8 Å². The standard InChI is InChI=1S/C23H30N4O3S/c1-15-6-7-18-17(12-15)20(26-23(28)19-8-9-24-19)13-22(25-18)27-10-11-31(29,30)21-5-3-2-4-16(21)14-27/h2-6,17-20,24H,7-14H2,1H3,(H,26,28)/t17?,18-,19?,20-/m0/s1. The van der Waals surface area contributed by atoms with E-state index in [2.05, 4.69) is 28.5 Å². The molecule has 1 aliphatic carbocycles. The van der Waals surface area contributed by atoms with Crippen LogP contribution < -0.4 is 10.6 Å². The molecule has 166 valence electrons. The molecule has 2 unspecified atom stereocenters. The van der Waals surface area contributed by atoms with E-state index >= 15 is 0 Å². The highest BCUT2D eigenvalue weighted by Gasteiger charge is 2.40. The van der Waals surface area contributed by atoms with E-state index < -0.39 is 9.84 Å². The van der Waals surface area contributed by atoms with Gasteiger partial charge in [0.15, 0.2) is 9.84 Å². The molecule has 7 nitrogen and oxygen atoms in total. The smallest absolute Gasteiger partial charge is 0.237 e. The third kappa shape index (κ3) is 4.03. The van der Waals surface area contributed by atoms with E-state index in [0.717, 1.165) is 37.2 Å². The molecule has 1 aromatic carbocycles. The van der Waals surface area contributed by atoms with Crippen LogP contribution in [-0.4, -0.2) is 62.0 Å². The van der Waals surface area contributed by atoms with Gasteiger partial charge in [0.2, 0.25) is 5.91 Å². The first-order chi connectivity index (χ1) is 14.9. The van der Waals surface area contributed by atoms with Gasteiger partial charge in [-0.05, 0) is 44.4 Å².